The van der Waals surface area contributed by atoms with Gasteiger partial charge in [0.25, 0.3) is 0 Å². The van der Waals surface area contributed by atoms with E-state index in [-0.39, 0.29) is 22.9 Å². The first-order chi connectivity index (χ1) is 14.9. The van der Waals surface area contributed by atoms with Crippen molar-refractivity contribution in [2.45, 2.75) is 12.5 Å². The molecule has 8 heteroatoms. The fourth-order valence-electron chi connectivity index (χ4n) is 4.17. The van der Waals surface area contributed by atoms with Gasteiger partial charge in [0.15, 0.2) is 17.3 Å². The monoisotopic (exact) mass is 418 g/mol. The number of carbonyl (C=O) groups is 1. The van der Waals surface area contributed by atoms with Crippen molar-refractivity contribution in [2.75, 3.05) is 18.0 Å². The minimum absolute atomic E-state index is 0.0773. The van der Waals surface area contributed by atoms with Gasteiger partial charge >= 0.3 is 5.97 Å². The van der Waals surface area contributed by atoms with E-state index in [1.807, 2.05) is 42.5 Å². The number of aromatic carboxylic acids is 1. The number of nitrogens with two attached hydrogens (primary N) is 1. The van der Waals surface area contributed by atoms with E-state index in [1.165, 1.54) is 6.20 Å². The first kappa shape index (κ1) is 19.2. The minimum atomic E-state index is -1.38. The minimum Gasteiger partial charge on any atom is -0.477 e. The van der Waals surface area contributed by atoms with Crippen LogP contribution in [0, 0.1) is 5.82 Å². The van der Waals surface area contributed by atoms with Crippen molar-refractivity contribution in [3.05, 3.63) is 76.3 Å². The second-order valence-electron chi connectivity index (χ2n) is 7.71. The summed E-state index contributed by atoms with van der Waals surface area (Å²) in [5.74, 6) is -1.95. The summed E-state index contributed by atoms with van der Waals surface area (Å²) >= 11 is 0. The highest BCUT2D eigenvalue weighted by Crippen LogP contribution is 2.28. The van der Waals surface area contributed by atoms with Crippen molar-refractivity contribution in [1.82, 2.24) is 9.55 Å². The van der Waals surface area contributed by atoms with Crippen LogP contribution in [0.4, 0.5) is 10.2 Å². The fraction of sp³-hybridized carbons (Fsp3) is 0.174. The molecule has 4 aromatic rings. The Bertz CT molecular complexity index is 1410. The number of aromatic nitrogens is 2. The number of hydrogen-bond donors (Lipinski definition) is 2. The Labute approximate surface area is 176 Å². The van der Waals surface area contributed by atoms with E-state index < -0.39 is 22.8 Å². The van der Waals surface area contributed by atoms with Crippen LogP contribution >= 0.6 is 0 Å². The van der Waals surface area contributed by atoms with Crippen LogP contribution in [-0.4, -0.2) is 39.8 Å². The number of pyridine rings is 2. The molecule has 0 bridgehead atoms. The predicted molar refractivity (Wildman–Crippen MR) is 117 cm³/mol. The summed E-state index contributed by atoms with van der Waals surface area (Å²) in [7, 11) is 0. The van der Waals surface area contributed by atoms with E-state index >= 15 is 0 Å². The highest BCUT2D eigenvalue weighted by Gasteiger charge is 2.25. The number of carboxylic acids is 1. The molecular formula is C23H19FN4O3. The second kappa shape index (κ2) is 7.17. The summed E-state index contributed by atoms with van der Waals surface area (Å²) in [4.78, 5) is 30.8. The molecule has 0 radical (unpaired) electrons. The van der Waals surface area contributed by atoms with Gasteiger partial charge in [0.2, 0.25) is 5.43 Å². The first-order valence-electron chi connectivity index (χ1n) is 9.92. The quantitative estimate of drug-likeness (QED) is 0.531. The smallest absolute Gasteiger partial charge is 0.341 e. The van der Waals surface area contributed by atoms with Crippen LogP contribution < -0.4 is 16.1 Å². The maximum atomic E-state index is 15.0. The lowest BCUT2D eigenvalue weighted by molar-refractivity contribution is 0.0695. The highest BCUT2D eigenvalue weighted by atomic mass is 19.1. The largest absolute Gasteiger partial charge is 0.477 e. The van der Waals surface area contributed by atoms with Crippen LogP contribution in [0.1, 0.15) is 16.8 Å². The molecule has 2 aromatic heterocycles. The Morgan fingerprint density at radius 1 is 1.16 bits per heavy atom. The van der Waals surface area contributed by atoms with Gasteiger partial charge in [-0.05, 0) is 23.9 Å². The Morgan fingerprint density at radius 2 is 1.94 bits per heavy atom. The van der Waals surface area contributed by atoms with Crippen molar-refractivity contribution >= 4 is 33.6 Å². The third kappa shape index (κ3) is 3.12. The highest BCUT2D eigenvalue weighted by molar-refractivity contribution is 5.95. The molecule has 0 spiro atoms. The van der Waals surface area contributed by atoms with Crippen molar-refractivity contribution in [2.24, 2.45) is 5.73 Å². The lowest BCUT2D eigenvalue weighted by atomic mass is 10.1. The Kier molecular flexibility index (Phi) is 4.44. The van der Waals surface area contributed by atoms with Gasteiger partial charge < -0.3 is 15.7 Å². The van der Waals surface area contributed by atoms with E-state index in [1.54, 1.807) is 9.47 Å². The van der Waals surface area contributed by atoms with Gasteiger partial charge in [-0.15, -0.1) is 0 Å². The van der Waals surface area contributed by atoms with E-state index in [0.717, 1.165) is 16.8 Å². The molecule has 2 aromatic carbocycles. The standard InChI is InChI=1S/C23H19FN4O3/c24-18-10-16-20(29)17(23(30)31)12-28(19-7-3-5-13-4-1-2-6-15(13)19)21(16)26-22(18)27-9-8-14(25)11-27/h1-7,10,12,14H,8-9,11,25H2,(H,30,31)/t14-/m0/s1. The summed E-state index contributed by atoms with van der Waals surface area (Å²) in [5, 5.41) is 11.3. The zero-order chi connectivity index (χ0) is 21.7. The molecule has 0 saturated carbocycles. The molecule has 0 amide bonds. The zero-order valence-corrected chi connectivity index (χ0v) is 16.5. The number of anilines is 1. The van der Waals surface area contributed by atoms with Crippen LogP contribution in [0.5, 0.6) is 0 Å². The number of fused-ring (bicyclic) bond motifs is 2. The van der Waals surface area contributed by atoms with Gasteiger partial charge in [-0.25, -0.2) is 14.2 Å². The normalized spacial score (nSPS) is 16.3. The molecule has 3 heterocycles. The maximum absolute atomic E-state index is 15.0. The van der Waals surface area contributed by atoms with Gasteiger partial charge in [-0.1, -0.05) is 36.4 Å². The van der Waals surface area contributed by atoms with Gasteiger partial charge in [0.1, 0.15) is 5.56 Å². The number of hydrogen-bond acceptors (Lipinski definition) is 5. The number of nitrogens with zero attached hydrogens (tertiary/aromatic N) is 3. The van der Waals surface area contributed by atoms with E-state index in [2.05, 4.69) is 4.98 Å². The maximum Gasteiger partial charge on any atom is 0.341 e. The average molecular weight is 418 g/mol. The predicted octanol–water partition coefficient (Wildman–Crippen LogP) is 2.91. The fourth-order valence-corrected chi connectivity index (χ4v) is 4.17. The van der Waals surface area contributed by atoms with E-state index in [4.69, 9.17) is 5.73 Å². The van der Waals surface area contributed by atoms with Crippen molar-refractivity contribution < 1.29 is 14.3 Å². The molecule has 0 aliphatic carbocycles. The molecule has 156 valence electrons. The molecule has 7 nitrogen and oxygen atoms in total. The Hall–Kier alpha value is -3.78. The summed E-state index contributed by atoms with van der Waals surface area (Å²) in [6, 6.07) is 14.2. The molecular weight excluding hydrogens is 399 g/mol. The Balaban J connectivity index is 1.87. The van der Waals surface area contributed by atoms with Crippen molar-refractivity contribution in [1.29, 1.82) is 0 Å². The van der Waals surface area contributed by atoms with Gasteiger partial charge in [0.05, 0.1) is 11.1 Å². The summed E-state index contributed by atoms with van der Waals surface area (Å²) in [5.41, 5.74) is 5.60. The number of rotatable bonds is 3. The molecule has 1 aliphatic heterocycles. The summed E-state index contributed by atoms with van der Waals surface area (Å²) < 4.78 is 16.5. The summed E-state index contributed by atoms with van der Waals surface area (Å²) in [6.07, 6.45) is 1.98. The van der Waals surface area contributed by atoms with Crippen LogP contribution in [0.2, 0.25) is 0 Å². The Morgan fingerprint density at radius 3 is 2.68 bits per heavy atom. The number of halogens is 1. The third-order valence-electron chi connectivity index (χ3n) is 5.69. The van der Waals surface area contributed by atoms with Crippen LogP contribution in [0.25, 0.3) is 27.5 Å². The van der Waals surface area contributed by atoms with Crippen LogP contribution in [0.15, 0.2) is 59.5 Å². The lowest BCUT2D eigenvalue weighted by Gasteiger charge is -2.20. The van der Waals surface area contributed by atoms with Gasteiger partial charge in [-0.2, -0.15) is 0 Å². The molecule has 1 fully saturated rings. The first-order valence-corrected chi connectivity index (χ1v) is 9.92. The van der Waals surface area contributed by atoms with Crippen LogP contribution in [-0.2, 0) is 0 Å². The molecule has 31 heavy (non-hydrogen) atoms. The molecule has 3 N–H and O–H groups in total. The molecule has 1 atom stereocenters. The molecule has 0 unspecified atom stereocenters. The lowest BCUT2D eigenvalue weighted by Crippen LogP contribution is -2.28. The van der Waals surface area contributed by atoms with Gasteiger partial charge in [-0.3, -0.25) is 9.36 Å². The van der Waals surface area contributed by atoms with Crippen LogP contribution in [0.3, 0.4) is 0 Å². The third-order valence-corrected chi connectivity index (χ3v) is 5.69. The van der Waals surface area contributed by atoms with E-state index in [0.29, 0.717) is 25.2 Å². The topological polar surface area (TPSA) is 101 Å². The van der Waals surface area contributed by atoms with E-state index in [9.17, 15) is 19.1 Å². The van der Waals surface area contributed by atoms with Gasteiger partial charge in [0, 0.05) is 30.7 Å². The summed E-state index contributed by atoms with van der Waals surface area (Å²) in [6.45, 7) is 1.02. The molecule has 5 rings (SSSR count). The zero-order valence-electron chi connectivity index (χ0n) is 16.5. The average Bonchev–Trinajstić information content (AvgIpc) is 3.19. The SMILES string of the molecule is N[C@H]1CCN(c2nc3c(cc2F)c(=O)c(C(=O)O)cn3-c2cccc3ccccc23)C1. The second-order valence-corrected chi connectivity index (χ2v) is 7.71. The number of carboxylic acid groups (broad SMARTS) is 1. The number of benzene rings is 2. The molecule has 1 aliphatic rings. The van der Waals surface area contributed by atoms with Crippen molar-refractivity contribution in [3.8, 4) is 5.69 Å². The molecule has 1 saturated heterocycles. The van der Waals surface area contributed by atoms with Crippen molar-refractivity contribution in [3.63, 3.8) is 0 Å².